The SMILES string of the molecule is CC(C)(C)[C@H](NC(=O)c1cc2cc(C(F)(F)P(=O)(O)O)ccc2s1)C(=O)N1C[C@@H](OCCCCCCC#Cc2cccc3c2CN(C2CCC(=O)NC2=O)C3=O)C[C@H]1C(=O)N1CCO[C@H](c2ccccc2)C1. The van der Waals surface area contributed by atoms with Gasteiger partial charge < -0.3 is 39.3 Å². The molecule has 5 heterocycles. The van der Waals surface area contributed by atoms with E-state index in [1.54, 1.807) is 37.8 Å². The predicted octanol–water partition coefficient (Wildman–Crippen LogP) is 6.62. The van der Waals surface area contributed by atoms with Crippen molar-refractivity contribution in [3.8, 4) is 11.8 Å². The molecule has 3 saturated heterocycles. The van der Waals surface area contributed by atoms with E-state index in [1.165, 1.54) is 21.9 Å². The number of likely N-dealkylation sites (tertiary alicyclic amines) is 1. The minimum atomic E-state index is -5.83. The Balaban J connectivity index is 0.891. The molecule has 16 nitrogen and oxygen atoms in total. The molecule has 5 atom stereocenters. The molecule has 382 valence electrons. The lowest BCUT2D eigenvalue weighted by molar-refractivity contribution is -0.150. The fourth-order valence-corrected chi connectivity index (χ4v) is 11.1. The smallest absolute Gasteiger partial charge is 0.376 e. The first-order valence-electron chi connectivity index (χ1n) is 24.1. The van der Waals surface area contributed by atoms with Gasteiger partial charge in [0.25, 0.3) is 11.8 Å². The van der Waals surface area contributed by atoms with Gasteiger partial charge in [-0.1, -0.05) is 87.9 Å². The molecule has 8 rings (SSSR count). The summed E-state index contributed by atoms with van der Waals surface area (Å²) >= 11 is 0.973. The van der Waals surface area contributed by atoms with Gasteiger partial charge >= 0.3 is 13.3 Å². The molecule has 4 N–H and O–H groups in total. The van der Waals surface area contributed by atoms with Crippen molar-refractivity contribution in [3.63, 3.8) is 0 Å². The van der Waals surface area contributed by atoms with Crippen LogP contribution in [0.2, 0.25) is 0 Å². The second kappa shape index (κ2) is 21.7. The van der Waals surface area contributed by atoms with Gasteiger partial charge in [0.15, 0.2) is 0 Å². The van der Waals surface area contributed by atoms with E-state index in [9.17, 15) is 51.9 Å². The predicted molar refractivity (Wildman–Crippen MR) is 262 cm³/mol. The van der Waals surface area contributed by atoms with Crippen LogP contribution < -0.4 is 10.6 Å². The first-order chi connectivity index (χ1) is 34.2. The summed E-state index contributed by atoms with van der Waals surface area (Å²) in [5, 5.41) is 5.35. The standard InChI is InChI=1S/C52H58F2N5O11PS/c1-51(2,3)45(56-47(62)43-27-34-26-35(19-21-42(34)72-43)52(53,54)71(66,67)68)50(65)58-29-36(28-40(58)49(64)57-23-25-70-41(31-57)33-15-10-8-11-16-33)69-24-12-7-5-4-6-9-14-32-17-13-18-37-38(32)30-59(48(37)63)39-20-22-44(60)55-46(39)61/h8,10-11,13,15-19,21,26-27,36,39-41,45H,4-7,12,20,22-25,28-31H2,1-3H3,(H,56,62)(H,55,60,61)(H2,66,67,68)/t36-,39?,40-,41-,45+/m0/s1. The molecule has 1 aromatic heterocycles. The fraction of sp³-hybridized carbons (Fsp3) is 0.462. The molecule has 0 saturated carbocycles. The topological polar surface area (TPSA) is 212 Å². The molecule has 0 aliphatic carbocycles. The minimum absolute atomic E-state index is 0.0865. The van der Waals surface area contributed by atoms with Gasteiger partial charge in [-0.2, -0.15) is 8.78 Å². The van der Waals surface area contributed by atoms with Gasteiger partial charge in [0, 0.05) is 66.9 Å². The van der Waals surface area contributed by atoms with Crippen LogP contribution in [0.5, 0.6) is 0 Å². The summed E-state index contributed by atoms with van der Waals surface area (Å²) in [5.41, 5.74) is -3.26. The number of imide groups is 1. The number of fused-ring (bicyclic) bond motifs is 2. The third kappa shape index (κ3) is 11.5. The second-order valence-electron chi connectivity index (χ2n) is 19.7. The normalized spacial score (nSPS) is 21.0. The van der Waals surface area contributed by atoms with Crippen LogP contribution in [0, 0.1) is 17.3 Å². The molecule has 0 radical (unpaired) electrons. The van der Waals surface area contributed by atoms with Gasteiger partial charge in [-0.05, 0) is 71.5 Å². The number of alkyl halides is 2. The van der Waals surface area contributed by atoms with Crippen LogP contribution in [0.4, 0.5) is 8.78 Å². The van der Waals surface area contributed by atoms with Crippen molar-refractivity contribution >= 4 is 64.5 Å². The van der Waals surface area contributed by atoms with Gasteiger partial charge in [0.05, 0.1) is 24.1 Å². The maximum absolute atomic E-state index is 14.8. The molecule has 0 bridgehead atoms. The molecule has 3 aromatic carbocycles. The highest BCUT2D eigenvalue weighted by molar-refractivity contribution is 7.52. The molecule has 4 aliphatic heterocycles. The number of amides is 6. The quantitative estimate of drug-likeness (QED) is 0.0430. The summed E-state index contributed by atoms with van der Waals surface area (Å²) in [6.45, 7) is 6.97. The maximum Gasteiger partial charge on any atom is 0.399 e. The van der Waals surface area contributed by atoms with Gasteiger partial charge in [0.1, 0.15) is 24.2 Å². The Morgan fingerprint density at radius 3 is 2.49 bits per heavy atom. The van der Waals surface area contributed by atoms with Gasteiger partial charge in [-0.15, -0.1) is 11.3 Å². The molecular weight excluding hydrogens is 972 g/mol. The number of benzene rings is 3. The molecule has 4 aliphatic rings. The minimum Gasteiger partial charge on any atom is -0.376 e. The number of carbonyl (C=O) groups is 6. The Labute approximate surface area is 419 Å². The van der Waals surface area contributed by atoms with Crippen molar-refractivity contribution in [2.75, 3.05) is 32.8 Å². The van der Waals surface area contributed by atoms with E-state index in [2.05, 4.69) is 22.5 Å². The number of hydrogen-bond acceptors (Lipinski definition) is 10. The average molecular weight is 1030 g/mol. The van der Waals surface area contributed by atoms with Crippen LogP contribution in [0.1, 0.15) is 121 Å². The molecule has 6 amide bonds. The van der Waals surface area contributed by atoms with Crippen LogP contribution >= 0.6 is 18.9 Å². The molecule has 3 fully saturated rings. The lowest BCUT2D eigenvalue weighted by atomic mass is 9.85. The number of nitrogens with zero attached hydrogens (tertiary/aromatic N) is 3. The van der Waals surface area contributed by atoms with E-state index >= 15 is 0 Å². The Morgan fingerprint density at radius 2 is 1.75 bits per heavy atom. The number of carbonyl (C=O) groups excluding carboxylic acids is 6. The fourth-order valence-electron chi connectivity index (χ4n) is 9.63. The number of ether oxygens (including phenoxy) is 2. The third-order valence-corrected chi connectivity index (χ3v) is 15.7. The molecule has 20 heteroatoms. The summed E-state index contributed by atoms with van der Waals surface area (Å²) in [4.78, 5) is 104. The zero-order chi connectivity index (χ0) is 51.5. The lowest BCUT2D eigenvalue weighted by Gasteiger charge is -2.38. The zero-order valence-electron chi connectivity index (χ0n) is 40.2. The summed E-state index contributed by atoms with van der Waals surface area (Å²) < 4.78 is 53.5. The summed E-state index contributed by atoms with van der Waals surface area (Å²) in [6.07, 6.45) is 3.73. The Hall–Kier alpha value is -5.87. The molecule has 0 spiro atoms. The maximum atomic E-state index is 14.8. The Kier molecular flexibility index (Phi) is 15.8. The molecule has 4 aromatic rings. The number of nitrogens with one attached hydrogen (secondary N) is 2. The summed E-state index contributed by atoms with van der Waals surface area (Å²) in [5.74, 6) is 3.98. The Bertz CT molecular complexity index is 2860. The van der Waals surface area contributed by atoms with Crippen LogP contribution in [0.15, 0.2) is 72.8 Å². The lowest BCUT2D eigenvalue weighted by Crippen LogP contribution is -2.58. The number of unbranched alkanes of at least 4 members (excludes halogenated alkanes) is 4. The highest BCUT2D eigenvalue weighted by Gasteiger charge is 2.51. The highest BCUT2D eigenvalue weighted by Crippen LogP contribution is 2.59. The van der Waals surface area contributed by atoms with Crippen molar-refractivity contribution in [1.82, 2.24) is 25.3 Å². The van der Waals surface area contributed by atoms with Gasteiger partial charge in [0.2, 0.25) is 23.6 Å². The monoisotopic (exact) mass is 1030 g/mol. The molecular formula is C52H58F2N5O11PS. The number of rotatable bonds is 15. The van der Waals surface area contributed by atoms with Crippen molar-refractivity contribution in [2.45, 2.75) is 115 Å². The van der Waals surface area contributed by atoms with Crippen LogP contribution in [-0.4, -0.2) is 117 Å². The van der Waals surface area contributed by atoms with Gasteiger partial charge in [-0.25, -0.2) is 0 Å². The highest BCUT2D eigenvalue weighted by atomic mass is 32.1. The first kappa shape index (κ1) is 52.5. The molecule has 1 unspecified atom stereocenters. The number of hydrogen-bond donors (Lipinski definition) is 4. The van der Waals surface area contributed by atoms with E-state index in [0.717, 1.165) is 65.8 Å². The van der Waals surface area contributed by atoms with Crippen molar-refractivity contribution < 1.29 is 61.4 Å². The Morgan fingerprint density at radius 1 is 0.986 bits per heavy atom. The summed E-state index contributed by atoms with van der Waals surface area (Å²) in [6, 6.07) is 16.6. The summed E-state index contributed by atoms with van der Waals surface area (Å²) in [7, 11) is -5.83. The third-order valence-electron chi connectivity index (χ3n) is 13.6. The van der Waals surface area contributed by atoms with E-state index < -0.39 is 66.2 Å². The van der Waals surface area contributed by atoms with Crippen LogP contribution in [0.3, 0.4) is 0 Å². The second-order valence-corrected chi connectivity index (χ2v) is 22.4. The molecule has 72 heavy (non-hydrogen) atoms. The van der Waals surface area contributed by atoms with Crippen LogP contribution in [-0.2, 0) is 45.4 Å². The van der Waals surface area contributed by atoms with E-state index in [0.29, 0.717) is 36.4 Å². The number of morpholine rings is 1. The van der Waals surface area contributed by atoms with Crippen LogP contribution in [0.25, 0.3) is 10.1 Å². The van der Waals surface area contributed by atoms with Gasteiger partial charge in [-0.3, -0.25) is 38.6 Å². The van der Waals surface area contributed by atoms with Crippen molar-refractivity contribution in [2.24, 2.45) is 5.41 Å². The van der Waals surface area contributed by atoms with Crippen molar-refractivity contribution in [1.29, 1.82) is 0 Å². The first-order valence-corrected chi connectivity index (χ1v) is 26.6. The van der Waals surface area contributed by atoms with E-state index in [4.69, 9.17) is 9.47 Å². The zero-order valence-corrected chi connectivity index (χ0v) is 41.9. The largest absolute Gasteiger partial charge is 0.399 e. The number of halogens is 2. The average Bonchev–Trinajstić information content (AvgIpc) is 4.07. The van der Waals surface area contributed by atoms with E-state index in [-0.39, 0.29) is 73.0 Å². The number of thiophene rings is 1. The number of piperidine rings is 1. The van der Waals surface area contributed by atoms with E-state index in [1.807, 2.05) is 36.4 Å². The van der Waals surface area contributed by atoms with Crippen molar-refractivity contribution in [3.05, 3.63) is 105 Å².